The molecule has 3 nitrogen and oxygen atoms in total. The second-order valence-corrected chi connectivity index (χ2v) is 12.1. The standard InChI is InChI=1S/C43H29N3/c44-29-43(32-20-22-42-38(28-32)36-16-8-10-18-40(36)46(42)34-13-5-2-6-14-34)25-23-30(24-26-43)31-19-21-41-37(27-31)35-15-7-9-17-39(35)45(41)33-11-3-1-4-12-33/h1-25,27-28H,26H2. The zero-order chi connectivity index (χ0) is 30.7. The zero-order valence-corrected chi connectivity index (χ0v) is 25.1. The molecule has 3 heteroatoms. The summed E-state index contributed by atoms with van der Waals surface area (Å²) in [6.07, 6.45) is 7.10. The second kappa shape index (κ2) is 10.2. The van der Waals surface area contributed by atoms with Gasteiger partial charge in [-0.25, -0.2) is 0 Å². The van der Waals surface area contributed by atoms with E-state index in [2.05, 4.69) is 173 Å². The molecule has 9 rings (SSSR count). The van der Waals surface area contributed by atoms with Crippen LogP contribution < -0.4 is 0 Å². The molecule has 0 bridgehead atoms. The Morgan fingerprint density at radius 3 is 1.61 bits per heavy atom. The molecule has 8 aromatic rings. The van der Waals surface area contributed by atoms with Gasteiger partial charge >= 0.3 is 0 Å². The highest BCUT2D eigenvalue weighted by Crippen LogP contribution is 2.41. The van der Waals surface area contributed by atoms with Crippen molar-refractivity contribution in [3.63, 3.8) is 0 Å². The highest BCUT2D eigenvalue weighted by Gasteiger charge is 2.31. The Bertz CT molecular complexity index is 2560. The fourth-order valence-electron chi connectivity index (χ4n) is 7.33. The Morgan fingerprint density at radius 1 is 0.522 bits per heavy atom. The number of hydrogen-bond donors (Lipinski definition) is 0. The monoisotopic (exact) mass is 587 g/mol. The quantitative estimate of drug-likeness (QED) is 0.202. The molecule has 0 aliphatic heterocycles. The first-order valence-corrected chi connectivity index (χ1v) is 15.7. The SMILES string of the molecule is N#CC1(c2ccc3c(c2)c2ccccc2n3-c2ccccc2)C=CC(c2ccc3c(c2)c2ccccc2n3-c2ccccc2)=CC1. The van der Waals surface area contributed by atoms with Crippen molar-refractivity contribution in [1.82, 2.24) is 9.13 Å². The molecule has 0 saturated carbocycles. The first-order valence-electron chi connectivity index (χ1n) is 15.7. The van der Waals surface area contributed by atoms with E-state index in [9.17, 15) is 5.26 Å². The molecule has 0 radical (unpaired) electrons. The highest BCUT2D eigenvalue weighted by atomic mass is 15.0. The van der Waals surface area contributed by atoms with Crippen LogP contribution in [0.3, 0.4) is 0 Å². The summed E-state index contributed by atoms with van der Waals surface area (Å²) >= 11 is 0. The molecule has 2 aromatic heterocycles. The van der Waals surface area contributed by atoms with E-state index in [0.717, 1.165) is 44.5 Å². The number of benzene rings is 6. The predicted molar refractivity (Wildman–Crippen MR) is 191 cm³/mol. The average Bonchev–Trinajstić information content (AvgIpc) is 3.64. The van der Waals surface area contributed by atoms with Gasteiger partial charge in [0.25, 0.3) is 0 Å². The number of nitriles is 1. The van der Waals surface area contributed by atoms with Crippen molar-refractivity contribution in [3.8, 4) is 17.4 Å². The molecule has 0 saturated heterocycles. The van der Waals surface area contributed by atoms with E-state index in [1.54, 1.807) is 0 Å². The molecular weight excluding hydrogens is 558 g/mol. The van der Waals surface area contributed by atoms with Gasteiger partial charge in [0.1, 0.15) is 5.41 Å². The lowest BCUT2D eigenvalue weighted by Gasteiger charge is -2.26. The smallest absolute Gasteiger partial charge is 0.104 e. The number of allylic oxidation sites excluding steroid dienone is 4. The Hall–Kier alpha value is -6.11. The molecule has 0 spiro atoms. The number of rotatable bonds is 4. The summed E-state index contributed by atoms with van der Waals surface area (Å²) in [4.78, 5) is 0. The maximum atomic E-state index is 10.7. The molecule has 0 amide bonds. The van der Waals surface area contributed by atoms with Crippen LogP contribution in [0.25, 0.3) is 60.6 Å². The molecule has 1 atom stereocenters. The number of aromatic nitrogens is 2. The molecule has 0 fully saturated rings. The van der Waals surface area contributed by atoms with Crippen molar-refractivity contribution in [2.45, 2.75) is 11.8 Å². The first kappa shape index (κ1) is 26.3. The van der Waals surface area contributed by atoms with Gasteiger partial charge in [-0.05, 0) is 83.8 Å². The normalized spacial score (nSPS) is 16.3. The van der Waals surface area contributed by atoms with Crippen molar-refractivity contribution in [3.05, 3.63) is 175 Å². The number of para-hydroxylation sites is 4. The minimum absolute atomic E-state index is 0.613. The number of fused-ring (bicyclic) bond motifs is 6. The van der Waals surface area contributed by atoms with Gasteiger partial charge in [0, 0.05) is 32.9 Å². The van der Waals surface area contributed by atoms with Crippen molar-refractivity contribution in [2.75, 3.05) is 0 Å². The summed E-state index contributed by atoms with van der Waals surface area (Å²) in [7, 11) is 0. The van der Waals surface area contributed by atoms with Gasteiger partial charge in [-0.2, -0.15) is 5.26 Å². The van der Waals surface area contributed by atoms with E-state index in [-0.39, 0.29) is 0 Å². The Balaban J connectivity index is 1.12. The largest absolute Gasteiger partial charge is 0.309 e. The van der Waals surface area contributed by atoms with Gasteiger partial charge in [-0.1, -0.05) is 103 Å². The van der Waals surface area contributed by atoms with Crippen LogP contribution in [0.5, 0.6) is 0 Å². The topological polar surface area (TPSA) is 33.6 Å². The van der Waals surface area contributed by atoms with Crippen molar-refractivity contribution >= 4 is 49.2 Å². The molecule has 1 unspecified atom stereocenters. The predicted octanol–water partition coefficient (Wildman–Crippen LogP) is 10.7. The van der Waals surface area contributed by atoms with Gasteiger partial charge in [0.2, 0.25) is 0 Å². The lowest BCUT2D eigenvalue weighted by Crippen LogP contribution is -2.22. The highest BCUT2D eigenvalue weighted by molar-refractivity contribution is 6.11. The minimum Gasteiger partial charge on any atom is -0.309 e. The van der Waals surface area contributed by atoms with Gasteiger partial charge in [0.15, 0.2) is 0 Å². The Labute approximate surface area is 267 Å². The fourth-order valence-corrected chi connectivity index (χ4v) is 7.33. The van der Waals surface area contributed by atoms with Gasteiger partial charge < -0.3 is 9.13 Å². The molecule has 1 aliphatic carbocycles. The van der Waals surface area contributed by atoms with Crippen LogP contribution in [0.2, 0.25) is 0 Å². The van der Waals surface area contributed by atoms with Crippen LogP contribution in [0.1, 0.15) is 17.5 Å². The molecule has 0 N–H and O–H groups in total. The van der Waals surface area contributed by atoms with E-state index >= 15 is 0 Å². The summed E-state index contributed by atoms with van der Waals surface area (Å²) in [5, 5.41) is 15.5. The lowest BCUT2D eigenvalue weighted by molar-refractivity contribution is 0.694. The summed E-state index contributed by atoms with van der Waals surface area (Å²) in [6, 6.07) is 54.1. The van der Waals surface area contributed by atoms with E-state index < -0.39 is 5.41 Å². The zero-order valence-electron chi connectivity index (χ0n) is 25.1. The van der Waals surface area contributed by atoms with Crippen LogP contribution >= 0.6 is 0 Å². The Kier molecular flexibility index (Phi) is 5.85. The van der Waals surface area contributed by atoms with Crippen LogP contribution in [0, 0.1) is 11.3 Å². The summed E-state index contributed by atoms with van der Waals surface area (Å²) in [5.41, 5.74) is 9.56. The summed E-state index contributed by atoms with van der Waals surface area (Å²) < 4.78 is 4.65. The average molecular weight is 588 g/mol. The van der Waals surface area contributed by atoms with E-state index in [0.29, 0.717) is 6.42 Å². The summed E-state index contributed by atoms with van der Waals surface area (Å²) in [6.45, 7) is 0. The van der Waals surface area contributed by atoms with E-state index in [4.69, 9.17) is 0 Å². The molecule has 1 aliphatic rings. The van der Waals surface area contributed by atoms with Crippen LogP contribution in [-0.4, -0.2) is 9.13 Å². The van der Waals surface area contributed by atoms with Gasteiger partial charge in [0.05, 0.1) is 28.1 Å². The molecule has 6 aromatic carbocycles. The van der Waals surface area contributed by atoms with Crippen molar-refractivity contribution in [1.29, 1.82) is 5.26 Å². The third kappa shape index (κ3) is 3.91. The van der Waals surface area contributed by atoms with Gasteiger partial charge in [-0.3, -0.25) is 0 Å². The molecular formula is C43H29N3. The molecule has 46 heavy (non-hydrogen) atoms. The molecule has 216 valence electrons. The minimum atomic E-state index is -0.735. The van der Waals surface area contributed by atoms with Crippen molar-refractivity contribution in [2.24, 2.45) is 0 Å². The maximum Gasteiger partial charge on any atom is 0.104 e. The number of hydrogen-bond acceptors (Lipinski definition) is 1. The van der Waals surface area contributed by atoms with E-state index in [1.165, 1.54) is 27.2 Å². The maximum absolute atomic E-state index is 10.7. The van der Waals surface area contributed by atoms with Crippen LogP contribution in [-0.2, 0) is 5.41 Å². The molecule has 2 heterocycles. The van der Waals surface area contributed by atoms with Crippen LogP contribution in [0.15, 0.2) is 164 Å². The third-order valence-corrected chi connectivity index (χ3v) is 9.61. The lowest BCUT2D eigenvalue weighted by atomic mass is 9.74. The van der Waals surface area contributed by atoms with Crippen molar-refractivity contribution < 1.29 is 0 Å². The Morgan fingerprint density at radius 2 is 1.04 bits per heavy atom. The van der Waals surface area contributed by atoms with Gasteiger partial charge in [-0.15, -0.1) is 0 Å². The fraction of sp³-hybridized carbons (Fsp3) is 0.0465. The summed E-state index contributed by atoms with van der Waals surface area (Å²) in [5.74, 6) is 0. The van der Waals surface area contributed by atoms with E-state index in [1.807, 2.05) is 6.07 Å². The van der Waals surface area contributed by atoms with Crippen LogP contribution in [0.4, 0.5) is 0 Å². The number of nitrogens with zero attached hydrogens (tertiary/aromatic N) is 3. The first-order chi connectivity index (χ1) is 22.7. The second-order valence-electron chi connectivity index (χ2n) is 12.1. The third-order valence-electron chi connectivity index (χ3n) is 9.61.